The lowest BCUT2D eigenvalue weighted by atomic mass is 9.99. The molecule has 0 spiro atoms. The largest absolute Gasteiger partial charge is 0.0786 e. The molecule has 0 nitrogen and oxygen atoms in total. The summed E-state index contributed by atoms with van der Waals surface area (Å²) in [4.78, 5) is 0.309. The minimum absolute atomic E-state index is 0.309. The molecule has 92 valence electrons. The Kier molecular flexibility index (Phi) is 3.25. The van der Waals surface area contributed by atoms with Gasteiger partial charge in [0.05, 0.1) is 4.83 Å². The van der Waals surface area contributed by atoms with Gasteiger partial charge in [-0.25, -0.2) is 0 Å². The topological polar surface area (TPSA) is 0 Å². The SMILES string of the molecule is Cc1cccc(C(Br)c2ccc3c(c2)CCC3)c1. The monoisotopic (exact) mass is 300 g/mol. The predicted octanol–water partition coefficient (Wildman–Crippen LogP) is 4.97. The van der Waals surface area contributed by atoms with Crippen LogP contribution in [0.15, 0.2) is 42.5 Å². The molecule has 1 unspecified atom stereocenters. The van der Waals surface area contributed by atoms with Crippen molar-refractivity contribution in [2.24, 2.45) is 0 Å². The molecule has 1 aliphatic rings. The van der Waals surface area contributed by atoms with Crippen molar-refractivity contribution >= 4 is 15.9 Å². The molecule has 2 aromatic rings. The number of hydrogen-bond acceptors (Lipinski definition) is 0. The molecule has 0 aromatic heterocycles. The number of aryl methyl sites for hydroxylation is 3. The highest BCUT2D eigenvalue weighted by molar-refractivity contribution is 9.09. The minimum atomic E-state index is 0.309. The molecule has 0 amide bonds. The van der Waals surface area contributed by atoms with Crippen LogP contribution in [0.2, 0.25) is 0 Å². The van der Waals surface area contributed by atoms with E-state index in [-0.39, 0.29) is 0 Å². The molecule has 18 heavy (non-hydrogen) atoms. The van der Waals surface area contributed by atoms with Crippen LogP contribution in [0.3, 0.4) is 0 Å². The quantitative estimate of drug-likeness (QED) is 0.687. The highest BCUT2D eigenvalue weighted by atomic mass is 79.9. The fraction of sp³-hybridized carbons (Fsp3) is 0.294. The summed E-state index contributed by atoms with van der Waals surface area (Å²) < 4.78 is 0. The summed E-state index contributed by atoms with van der Waals surface area (Å²) in [6.45, 7) is 2.14. The Hall–Kier alpha value is -1.08. The van der Waals surface area contributed by atoms with Crippen molar-refractivity contribution in [1.29, 1.82) is 0 Å². The van der Waals surface area contributed by atoms with Gasteiger partial charge in [0.15, 0.2) is 0 Å². The molecule has 0 bridgehead atoms. The van der Waals surface area contributed by atoms with Gasteiger partial charge in [-0.2, -0.15) is 0 Å². The average Bonchev–Trinajstić information content (AvgIpc) is 2.85. The first kappa shape index (κ1) is 12.0. The van der Waals surface area contributed by atoms with Crippen molar-refractivity contribution in [3.8, 4) is 0 Å². The maximum absolute atomic E-state index is 3.84. The van der Waals surface area contributed by atoms with Crippen LogP contribution in [0.4, 0.5) is 0 Å². The summed E-state index contributed by atoms with van der Waals surface area (Å²) in [5.74, 6) is 0. The zero-order valence-electron chi connectivity index (χ0n) is 10.6. The van der Waals surface area contributed by atoms with Gasteiger partial charge in [0, 0.05) is 0 Å². The van der Waals surface area contributed by atoms with Crippen LogP contribution in [0.5, 0.6) is 0 Å². The standard InChI is InChI=1S/C17H17Br/c1-12-4-2-7-15(10-12)17(18)16-9-8-13-5-3-6-14(13)11-16/h2,4,7-11,17H,3,5-6H2,1H3. The number of halogens is 1. The molecule has 3 rings (SSSR count). The van der Waals surface area contributed by atoms with Gasteiger partial charge in [0.2, 0.25) is 0 Å². The molecule has 0 radical (unpaired) electrons. The van der Waals surface area contributed by atoms with Gasteiger partial charge in [-0.1, -0.05) is 64.0 Å². The minimum Gasteiger partial charge on any atom is -0.0786 e. The average molecular weight is 301 g/mol. The van der Waals surface area contributed by atoms with Gasteiger partial charge < -0.3 is 0 Å². The summed E-state index contributed by atoms with van der Waals surface area (Å²) in [5.41, 5.74) is 7.12. The van der Waals surface area contributed by atoms with E-state index in [0.29, 0.717) is 4.83 Å². The van der Waals surface area contributed by atoms with E-state index < -0.39 is 0 Å². The number of rotatable bonds is 2. The van der Waals surface area contributed by atoms with E-state index in [1.807, 2.05) is 0 Å². The Balaban J connectivity index is 1.95. The first-order chi connectivity index (χ1) is 8.74. The van der Waals surface area contributed by atoms with Crippen LogP contribution in [0.25, 0.3) is 0 Å². The van der Waals surface area contributed by atoms with E-state index in [4.69, 9.17) is 0 Å². The van der Waals surface area contributed by atoms with Gasteiger partial charge >= 0.3 is 0 Å². The van der Waals surface area contributed by atoms with Gasteiger partial charge in [0.25, 0.3) is 0 Å². The fourth-order valence-electron chi connectivity index (χ4n) is 2.77. The second-order valence-corrected chi connectivity index (χ2v) is 6.07. The van der Waals surface area contributed by atoms with Crippen molar-refractivity contribution in [3.63, 3.8) is 0 Å². The smallest absolute Gasteiger partial charge is 0.0644 e. The van der Waals surface area contributed by atoms with Crippen molar-refractivity contribution in [2.45, 2.75) is 31.0 Å². The number of fused-ring (bicyclic) bond motifs is 1. The third kappa shape index (κ3) is 2.24. The Morgan fingerprint density at radius 1 is 0.944 bits per heavy atom. The van der Waals surface area contributed by atoms with E-state index >= 15 is 0 Å². The molecular formula is C17H17Br. The molecule has 1 atom stereocenters. The van der Waals surface area contributed by atoms with Gasteiger partial charge in [-0.15, -0.1) is 0 Å². The van der Waals surface area contributed by atoms with Crippen molar-refractivity contribution in [3.05, 3.63) is 70.3 Å². The Morgan fingerprint density at radius 2 is 1.72 bits per heavy atom. The van der Waals surface area contributed by atoms with Crippen LogP contribution < -0.4 is 0 Å². The van der Waals surface area contributed by atoms with Crippen LogP contribution >= 0.6 is 15.9 Å². The number of alkyl halides is 1. The first-order valence-corrected chi connectivity index (χ1v) is 7.48. The van der Waals surface area contributed by atoms with Gasteiger partial charge in [-0.3, -0.25) is 0 Å². The maximum atomic E-state index is 3.84. The van der Waals surface area contributed by atoms with E-state index in [0.717, 1.165) is 0 Å². The van der Waals surface area contributed by atoms with E-state index in [1.165, 1.54) is 36.0 Å². The van der Waals surface area contributed by atoms with Gasteiger partial charge in [0.1, 0.15) is 0 Å². The van der Waals surface area contributed by atoms with Gasteiger partial charge in [-0.05, 0) is 48.4 Å². The number of benzene rings is 2. The Labute approximate surface area is 117 Å². The fourth-order valence-corrected chi connectivity index (χ4v) is 3.34. The second-order valence-electron chi connectivity index (χ2n) is 5.16. The van der Waals surface area contributed by atoms with Crippen LogP contribution in [-0.4, -0.2) is 0 Å². The van der Waals surface area contributed by atoms with Crippen LogP contribution in [0.1, 0.15) is 39.1 Å². The lowest BCUT2D eigenvalue weighted by Gasteiger charge is -2.13. The summed E-state index contributed by atoms with van der Waals surface area (Å²) in [6.07, 6.45) is 3.82. The van der Waals surface area contributed by atoms with Crippen molar-refractivity contribution in [2.75, 3.05) is 0 Å². The summed E-state index contributed by atoms with van der Waals surface area (Å²) in [5, 5.41) is 0. The van der Waals surface area contributed by atoms with Crippen LogP contribution in [-0.2, 0) is 12.8 Å². The third-order valence-electron chi connectivity index (χ3n) is 3.75. The molecular weight excluding hydrogens is 284 g/mol. The molecule has 0 N–H and O–H groups in total. The van der Waals surface area contributed by atoms with Crippen molar-refractivity contribution < 1.29 is 0 Å². The normalized spacial score (nSPS) is 15.4. The third-order valence-corrected chi connectivity index (χ3v) is 4.81. The van der Waals surface area contributed by atoms with Crippen molar-refractivity contribution in [1.82, 2.24) is 0 Å². The molecule has 0 aliphatic heterocycles. The molecule has 1 aliphatic carbocycles. The highest BCUT2D eigenvalue weighted by Crippen LogP contribution is 2.34. The molecule has 0 fully saturated rings. The van der Waals surface area contributed by atoms with Crippen LogP contribution in [0, 0.1) is 6.92 Å². The van der Waals surface area contributed by atoms with E-state index in [1.54, 1.807) is 11.1 Å². The molecule has 1 heteroatoms. The second kappa shape index (κ2) is 4.89. The lowest BCUT2D eigenvalue weighted by molar-refractivity contribution is 0.911. The molecule has 2 aromatic carbocycles. The summed E-state index contributed by atoms with van der Waals surface area (Å²) in [7, 11) is 0. The zero-order chi connectivity index (χ0) is 12.5. The summed E-state index contributed by atoms with van der Waals surface area (Å²) >= 11 is 3.84. The first-order valence-electron chi connectivity index (χ1n) is 6.56. The van der Waals surface area contributed by atoms with E-state index in [9.17, 15) is 0 Å². The predicted molar refractivity (Wildman–Crippen MR) is 80.4 cm³/mol. The maximum Gasteiger partial charge on any atom is 0.0644 e. The Bertz CT molecular complexity index is 572. The number of hydrogen-bond donors (Lipinski definition) is 0. The Morgan fingerprint density at radius 3 is 2.56 bits per heavy atom. The molecule has 0 saturated carbocycles. The zero-order valence-corrected chi connectivity index (χ0v) is 12.2. The lowest BCUT2D eigenvalue weighted by Crippen LogP contribution is -1.95. The highest BCUT2D eigenvalue weighted by Gasteiger charge is 2.15. The molecule has 0 heterocycles. The summed E-state index contributed by atoms with van der Waals surface area (Å²) in [6, 6.07) is 15.7. The van der Waals surface area contributed by atoms with E-state index in [2.05, 4.69) is 65.3 Å². The molecule has 0 saturated heterocycles.